The largest absolute Gasteiger partial charge is 0.356 e. The van der Waals surface area contributed by atoms with E-state index in [2.05, 4.69) is 10.5 Å². The molecule has 8 heteroatoms. The molecular formula is C21H23N3O4S. The Bertz CT molecular complexity index is 1160. The maximum absolute atomic E-state index is 12.6. The number of aromatic nitrogens is 1. The van der Waals surface area contributed by atoms with Crippen molar-refractivity contribution in [3.05, 3.63) is 53.2 Å². The van der Waals surface area contributed by atoms with Crippen LogP contribution < -0.4 is 5.32 Å². The standard InChI is InChI=1S/C21H23N3O4S/c1-14-11-15(2)21-18(12-14)19(23-28-21)13-20(25)22-16-5-7-17(8-6-16)29(26,27)24-9-3-4-10-24/h5-8,11-12H,3-4,9-10,13H2,1-2H3,(H,22,25). The maximum Gasteiger partial charge on any atom is 0.243 e. The summed E-state index contributed by atoms with van der Waals surface area (Å²) >= 11 is 0. The minimum atomic E-state index is -3.46. The molecule has 0 bridgehead atoms. The lowest BCUT2D eigenvalue weighted by molar-refractivity contribution is -0.115. The summed E-state index contributed by atoms with van der Waals surface area (Å²) in [5.41, 5.74) is 3.87. The minimum Gasteiger partial charge on any atom is -0.356 e. The van der Waals surface area contributed by atoms with Gasteiger partial charge in [-0.2, -0.15) is 4.31 Å². The van der Waals surface area contributed by atoms with Crippen LogP contribution in [0.25, 0.3) is 11.0 Å². The van der Waals surface area contributed by atoms with Crippen LogP contribution in [-0.4, -0.2) is 36.9 Å². The molecule has 29 heavy (non-hydrogen) atoms. The van der Waals surface area contributed by atoms with E-state index in [0.29, 0.717) is 30.1 Å². The van der Waals surface area contributed by atoms with Crippen molar-refractivity contribution in [1.82, 2.24) is 9.46 Å². The Hall–Kier alpha value is -2.71. The van der Waals surface area contributed by atoms with Crippen molar-refractivity contribution in [1.29, 1.82) is 0 Å². The van der Waals surface area contributed by atoms with E-state index in [1.54, 1.807) is 12.1 Å². The second-order valence-corrected chi connectivity index (χ2v) is 9.39. The summed E-state index contributed by atoms with van der Waals surface area (Å²) in [7, 11) is -3.46. The summed E-state index contributed by atoms with van der Waals surface area (Å²) < 4.78 is 32.0. The molecule has 0 aliphatic carbocycles. The summed E-state index contributed by atoms with van der Waals surface area (Å²) in [6.07, 6.45) is 1.86. The summed E-state index contributed by atoms with van der Waals surface area (Å²) in [4.78, 5) is 12.7. The van der Waals surface area contributed by atoms with Crippen molar-refractivity contribution >= 4 is 32.6 Å². The highest BCUT2D eigenvalue weighted by Gasteiger charge is 2.27. The van der Waals surface area contributed by atoms with Crippen molar-refractivity contribution in [2.75, 3.05) is 18.4 Å². The van der Waals surface area contributed by atoms with Crippen LogP contribution in [0.4, 0.5) is 5.69 Å². The van der Waals surface area contributed by atoms with Gasteiger partial charge in [0.2, 0.25) is 15.9 Å². The number of carbonyl (C=O) groups is 1. The topological polar surface area (TPSA) is 92.5 Å². The molecule has 0 saturated carbocycles. The first-order chi connectivity index (χ1) is 13.8. The van der Waals surface area contributed by atoms with Crippen LogP contribution in [0.1, 0.15) is 29.7 Å². The fourth-order valence-electron chi connectivity index (χ4n) is 3.71. The van der Waals surface area contributed by atoms with Crippen molar-refractivity contribution in [2.24, 2.45) is 0 Å². The predicted molar refractivity (Wildman–Crippen MR) is 110 cm³/mol. The Morgan fingerprint density at radius 2 is 1.83 bits per heavy atom. The van der Waals surface area contributed by atoms with Crippen LogP contribution in [0, 0.1) is 13.8 Å². The molecule has 3 aromatic rings. The van der Waals surface area contributed by atoms with E-state index in [1.807, 2.05) is 26.0 Å². The van der Waals surface area contributed by atoms with Crippen LogP contribution in [0.5, 0.6) is 0 Å². The fourth-order valence-corrected chi connectivity index (χ4v) is 5.23. The SMILES string of the molecule is Cc1cc(C)c2onc(CC(=O)Nc3ccc(S(=O)(=O)N4CCCC4)cc3)c2c1. The van der Waals surface area contributed by atoms with Crippen LogP contribution in [-0.2, 0) is 21.2 Å². The second kappa shape index (κ2) is 7.61. The number of benzene rings is 2. The number of aryl methyl sites for hydroxylation is 2. The summed E-state index contributed by atoms with van der Waals surface area (Å²) in [6, 6.07) is 10.2. The van der Waals surface area contributed by atoms with E-state index in [1.165, 1.54) is 16.4 Å². The highest BCUT2D eigenvalue weighted by molar-refractivity contribution is 7.89. The zero-order valence-corrected chi connectivity index (χ0v) is 17.3. The molecule has 0 radical (unpaired) electrons. The third kappa shape index (κ3) is 3.90. The molecule has 7 nitrogen and oxygen atoms in total. The molecule has 1 aliphatic heterocycles. The van der Waals surface area contributed by atoms with Gasteiger partial charge in [0.15, 0.2) is 5.58 Å². The Kier molecular flexibility index (Phi) is 5.14. The summed E-state index contributed by atoms with van der Waals surface area (Å²) in [6.45, 7) is 5.06. The zero-order valence-electron chi connectivity index (χ0n) is 16.4. The number of hydrogen-bond donors (Lipinski definition) is 1. The highest BCUT2D eigenvalue weighted by Crippen LogP contribution is 2.25. The molecule has 1 amide bonds. The van der Waals surface area contributed by atoms with Gasteiger partial charge >= 0.3 is 0 Å². The van der Waals surface area contributed by atoms with Gasteiger partial charge in [-0.25, -0.2) is 8.42 Å². The van der Waals surface area contributed by atoms with E-state index < -0.39 is 10.0 Å². The lowest BCUT2D eigenvalue weighted by atomic mass is 10.1. The van der Waals surface area contributed by atoms with Gasteiger partial charge in [0.25, 0.3) is 0 Å². The number of carbonyl (C=O) groups excluding carboxylic acids is 1. The number of sulfonamides is 1. The van der Waals surface area contributed by atoms with Crippen molar-refractivity contribution in [3.8, 4) is 0 Å². The smallest absolute Gasteiger partial charge is 0.243 e. The number of nitrogens with zero attached hydrogens (tertiary/aromatic N) is 2. The first-order valence-corrected chi connectivity index (χ1v) is 11.0. The van der Waals surface area contributed by atoms with Gasteiger partial charge in [-0.15, -0.1) is 0 Å². The van der Waals surface area contributed by atoms with Crippen molar-refractivity contribution < 1.29 is 17.7 Å². The maximum atomic E-state index is 12.6. The number of nitrogens with one attached hydrogen (secondary N) is 1. The molecule has 1 aliphatic rings. The molecule has 152 valence electrons. The third-order valence-electron chi connectivity index (χ3n) is 5.15. The summed E-state index contributed by atoms with van der Waals surface area (Å²) in [5.74, 6) is -0.241. The molecule has 2 heterocycles. The van der Waals surface area contributed by atoms with Crippen LogP contribution in [0.3, 0.4) is 0 Å². The molecule has 1 N–H and O–H groups in total. The lowest BCUT2D eigenvalue weighted by Crippen LogP contribution is -2.27. The average Bonchev–Trinajstić information content (AvgIpc) is 3.33. The minimum absolute atomic E-state index is 0.0731. The van der Waals surface area contributed by atoms with Crippen molar-refractivity contribution in [3.63, 3.8) is 0 Å². The van der Waals surface area contributed by atoms with Gasteiger partial charge in [-0.1, -0.05) is 11.2 Å². The van der Waals surface area contributed by atoms with E-state index in [0.717, 1.165) is 29.4 Å². The quantitative estimate of drug-likeness (QED) is 0.692. The zero-order chi connectivity index (χ0) is 20.6. The molecule has 0 atom stereocenters. The van der Waals surface area contributed by atoms with Gasteiger partial charge < -0.3 is 9.84 Å². The second-order valence-electron chi connectivity index (χ2n) is 7.45. The predicted octanol–water partition coefficient (Wildman–Crippen LogP) is 3.41. The number of fused-ring (bicyclic) bond motifs is 1. The van der Waals surface area contributed by atoms with Gasteiger partial charge in [0.05, 0.1) is 11.3 Å². The molecule has 0 spiro atoms. The molecule has 1 saturated heterocycles. The fraction of sp³-hybridized carbons (Fsp3) is 0.333. The number of hydrogen-bond acceptors (Lipinski definition) is 5. The monoisotopic (exact) mass is 413 g/mol. The average molecular weight is 413 g/mol. The van der Waals surface area contributed by atoms with E-state index in [9.17, 15) is 13.2 Å². The van der Waals surface area contributed by atoms with Gasteiger partial charge in [-0.3, -0.25) is 4.79 Å². The molecule has 4 rings (SSSR count). The summed E-state index contributed by atoms with van der Waals surface area (Å²) in [5, 5.41) is 7.68. The number of anilines is 1. The van der Waals surface area contributed by atoms with E-state index in [-0.39, 0.29) is 17.2 Å². The van der Waals surface area contributed by atoms with Crippen LogP contribution in [0.15, 0.2) is 45.8 Å². The molecular weight excluding hydrogens is 390 g/mol. The molecule has 1 fully saturated rings. The Morgan fingerprint density at radius 3 is 2.52 bits per heavy atom. The third-order valence-corrected chi connectivity index (χ3v) is 7.06. The van der Waals surface area contributed by atoms with Crippen LogP contribution >= 0.6 is 0 Å². The number of rotatable bonds is 5. The van der Waals surface area contributed by atoms with Gasteiger partial charge in [-0.05, 0) is 68.1 Å². The van der Waals surface area contributed by atoms with Gasteiger partial charge in [0, 0.05) is 24.2 Å². The first-order valence-electron chi connectivity index (χ1n) is 9.60. The lowest BCUT2D eigenvalue weighted by Gasteiger charge is -2.15. The Labute approximate surface area is 169 Å². The van der Waals surface area contributed by atoms with Crippen molar-refractivity contribution in [2.45, 2.75) is 38.0 Å². The number of amides is 1. The molecule has 0 unspecified atom stereocenters. The van der Waals surface area contributed by atoms with E-state index >= 15 is 0 Å². The molecule has 2 aromatic carbocycles. The highest BCUT2D eigenvalue weighted by atomic mass is 32.2. The van der Waals surface area contributed by atoms with Crippen LogP contribution in [0.2, 0.25) is 0 Å². The van der Waals surface area contributed by atoms with Gasteiger partial charge in [0.1, 0.15) is 5.69 Å². The Morgan fingerprint density at radius 1 is 1.14 bits per heavy atom. The first kappa shape index (κ1) is 19.6. The Balaban J connectivity index is 1.47. The molecule has 1 aromatic heterocycles. The normalized spacial score (nSPS) is 15.1. The van der Waals surface area contributed by atoms with E-state index in [4.69, 9.17) is 4.52 Å².